The highest BCUT2D eigenvalue weighted by molar-refractivity contribution is 8.02. The van der Waals surface area contributed by atoms with Crippen molar-refractivity contribution in [1.29, 1.82) is 0 Å². The highest BCUT2D eigenvalue weighted by atomic mass is 32.2. The quantitative estimate of drug-likeness (QED) is 0.402. The number of ether oxygens (including phenoxy) is 1. The molecule has 0 saturated carbocycles. The molecule has 29 heavy (non-hydrogen) atoms. The summed E-state index contributed by atoms with van der Waals surface area (Å²) in [5.41, 5.74) is 2.24. The smallest absolute Gasteiger partial charge is 0.407 e. The van der Waals surface area contributed by atoms with E-state index >= 15 is 0 Å². The minimum Gasteiger partial charge on any atom is -0.444 e. The van der Waals surface area contributed by atoms with Crippen LogP contribution in [-0.4, -0.2) is 48.9 Å². The van der Waals surface area contributed by atoms with Crippen molar-refractivity contribution in [1.82, 2.24) is 10.3 Å². The van der Waals surface area contributed by atoms with Crippen molar-refractivity contribution in [3.8, 4) is 0 Å². The molecule has 1 aromatic heterocycles. The average Bonchev–Trinajstić information content (AvgIpc) is 3.08. The van der Waals surface area contributed by atoms with Gasteiger partial charge in [-0.2, -0.15) is 11.8 Å². The van der Waals surface area contributed by atoms with Gasteiger partial charge in [-0.15, -0.1) is 23.1 Å². The lowest BCUT2D eigenvalue weighted by Crippen LogP contribution is -2.33. The minimum absolute atomic E-state index is 0.0893. The molecule has 0 spiro atoms. The van der Waals surface area contributed by atoms with Crippen molar-refractivity contribution in [2.45, 2.75) is 41.2 Å². The minimum atomic E-state index is -3.27. The third kappa shape index (κ3) is 8.98. The van der Waals surface area contributed by atoms with Crippen LogP contribution in [0, 0.1) is 0 Å². The molecule has 1 heterocycles. The van der Waals surface area contributed by atoms with Crippen molar-refractivity contribution in [3.05, 3.63) is 41.5 Å². The Hall–Kier alpha value is -1.23. The van der Waals surface area contributed by atoms with E-state index in [4.69, 9.17) is 4.74 Å². The fourth-order valence-corrected chi connectivity index (χ4v) is 6.84. The number of sulfone groups is 1. The van der Waals surface area contributed by atoms with Crippen molar-refractivity contribution >= 4 is 50.8 Å². The van der Waals surface area contributed by atoms with Crippen LogP contribution in [0.5, 0.6) is 0 Å². The zero-order valence-electron chi connectivity index (χ0n) is 16.7. The SMILES string of the molecule is CC(C)(C)OC(=O)NCCSCc1ncsc1SCCS(=O)(=O)c1ccccc1. The van der Waals surface area contributed by atoms with Crippen LogP contribution in [0.25, 0.3) is 0 Å². The molecule has 10 heteroatoms. The van der Waals surface area contributed by atoms with Crippen LogP contribution in [0.4, 0.5) is 4.79 Å². The Kier molecular flexibility index (Phi) is 9.32. The number of hydrogen-bond donors (Lipinski definition) is 1. The summed E-state index contributed by atoms with van der Waals surface area (Å²) in [6.45, 7) is 6.00. The number of amides is 1. The molecule has 2 aromatic rings. The first-order valence-corrected chi connectivity index (χ1v) is 13.7. The lowest BCUT2D eigenvalue weighted by atomic mass is 10.2. The zero-order chi connectivity index (χ0) is 21.3. The van der Waals surface area contributed by atoms with E-state index < -0.39 is 21.5 Å². The number of nitrogens with one attached hydrogen (secondary N) is 1. The maximum Gasteiger partial charge on any atom is 0.407 e. The van der Waals surface area contributed by atoms with Crippen LogP contribution >= 0.6 is 34.9 Å². The predicted octanol–water partition coefficient (Wildman–Crippen LogP) is 4.47. The maximum atomic E-state index is 12.4. The summed E-state index contributed by atoms with van der Waals surface area (Å²) < 4.78 is 30.9. The van der Waals surface area contributed by atoms with E-state index in [1.54, 1.807) is 47.6 Å². The van der Waals surface area contributed by atoms with Gasteiger partial charge in [-0.05, 0) is 32.9 Å². The van der Waals surface area contributed by atoms with Crippen molar-refractivity contribution < 1.29 is 17.9 Å². The summed E-state index contributed by atoms with van der Waals surface area (Å²) in [6, 6.07) is 8.52. The van der Waals surface area contributed by atoms with Gasteiger partial charge in [-0.25, -0.2) is 18.2 Å². The Bertz CT molecular complexity index is 877. The average molecular weight is 475 g/mol. The summed E-state index contributed by atoms with van der Waals surface area (Å²) in [5.74, 6) is 2.03. The Morgan fingerprint density at radius 2 is 1.93 bits per heavy atom. The van der Waals surface area contributed by atoms with Gasteiger partial charge >= 0.3 is 6.09 Å². The highest BCUT2D eigenvalue weighted by Crippen LogP contribution is 2.29. The molecule has 1 aromatic carbocycles. The van der Waals surface area contributed by atoms with Crippen LogP contribution in [0.1, 0.15) is 26.5 Å². The van der Waals surface area contributed by atoms with E-state index in [0.717, 1.165) is 15.7 Å². The van der Waals surface area contributed by atoms with Crippen LogP contribution in [-0.2, 0) is 20.3 Å². The van der Waals surface area contributed by atoms with E-state index in [-0.39, 0.29) is 5.75 Å². The molecule has 0 atom stereocenters. The van der Waals surface area contributed by atoms with Gasteiger partial charge in [0, 0.05) is 23.8 Å². The molecule has 0 saturated heterocycles. The van der Waals surface area contributed by atoms with Crippen LogP contribution < -0.4 is 5.32 Å². The summed E-state index contributed by atoms with van der Waals surface area (Å²) in [7, 11) is -3.27. The van der Waals surface area contributed by atoms with E-state index in [1.807, 2.05) is 20.8 Å². The summed E-state index contributed by atoms with van der Waals surface area (Å²) in [6.07, 6.45) is -0.414. The van der Waals surface area contributed by atoms with Gasteiger partial charge in [0.2, 0.25) is 0 Å². The van der Waals surface area contributed by atoms with Crippen LogP contribution in [0.15, 0.2) is 44.9 Å². The van der Waals surface area contributed by atoms with E-state index in [0.29, 0.717) is 22.9 Å². The summed E-state index contributed by atoms with van der Waals surface area (Å²) >= 11 is 4.71. The number of thiazole rings is 1. The van der Waals surface area contributed by atoms with Crippen molar-refractivity contribution in [3.63, 3.8) is 0 Å². The number of nitrogens with zero attached hydrogens (tertiary/aromatic N) is 1. The lowest BCUT2D eigenvalue weighted by molar-refractivity contribution is 0.0531. The Morgan fingerprint density at radius 1 is 1.21 bits per heavy atom. The highest BCUT2D eigenvalue weighted by Gasteiger charge is 2.16. The van der Waals surface area contributed by atoms with E-state index in [1.165, 1.54) is 23.1 Å². The molecule has 2 rings (SSSR count). The predicted molar refractivity (Wildman–Crippen MR) is 122 cm³/mol. The number of hydrogen-bond acceptors (Lipinski definition) is 8. The van der Waals surface area contributed by atoms with Gasteiger partial charge in [0.15, 0.2) is 9.84 Å². The number of alkyl carbamates (subject to hydrolysis) is 1. The fourth-order valence-electron chi connectivity index (χ4n) is 2.17. The topological polar surface area (TPSA) is 85.4 Å². The summed E-state index contributed by atoms with van der Waals surface area (Å²) in [4.78, 5) is 16.3. The first-order chi connectivity index (χ1) is 13.7. The molecule has 6 nitrogen and oxygen atoms in total. The number of carbonyl (C=O) groups is 1. The van der Waals surface area contributed by atoms with E-state index in [2.05, 4.69) is 10.3 Å². The van der Waals surface area contributed by atoms with E-state index in [9.17, 15) is 13.2 Å². The van der Waals surface area contributed by atoms with Crippen LogP contribution in [0.2, 0.25) is 0 Å². The maximum absolute atomic E-state index is 12.4. The molecule has 160 valence electrons. The van der Waals surface area contributed by atoms with Gasteiger partial charge < -0.3 is 10.1 Å². The molecule has 1 amide bonds. The number of carbonyl (C=O) groups excluding carboxylic acids is 1. The largest absolute Gasteiger partial charge is 0.444 e. The molecular weight excluding hydrogens is 448 g/mol. The number of aromatic nitrogens is 1. The molecule has 0 aliphatic carbocycles. The third-order valence-corrected chi connectivity index (χ3v) is 8.61. The zero-order valence-corrected chi connectivity index (χ0v) is 20.0. The van der Waals surface area contributed by atoms with Crippen molar-refractivity contribution in [2.24, 2.45) is 0 Å². The first-order valence-electron chi connectivity index (χ1n) is 9.05. The number of benzene rings is 1. The van der Waals surface area contributed by atoms with Crippen molar-refractivity contribution in [2.75, 3.05) is 23.8 Å². The molecule has 0 bridgehead atoms. The molecular formula is C19H26N2O4S4. The Balaban J connectivity index is 1.71. The lowest BCUT2D eigenvalue weighted by Gasteiger charge is -2.19. The molecule has 0 radical (unpaired) electrons. The molecule has 0 fully saturated rings. The molecule has 0 aliphatic rings. The second-order valence-corrected chi connectivity index (χ2v) is 12.5. The molecule has 0 unspecified atom stereocenters. The summed E-state index contributed by atoms with van der Waals surface area (Å²) in [5, 5.41) is 2.73. The van der Waals surface area contributed by atoms with Gasteiger partial charge in [-0.3, -0.25) is 0 Å². The van der Waals surface area contributed by atoms with Gasteiger partial charge in [0.05, 0.1) is 26.1 Å². The monoisotopic (exact) mass is 474 g/mol. The number of thioether (sulfide) groups is 2. The fraction of sp³-hybridized carbons (Fsp3) is 0.474. The Morgan fingerprint density at radius 3 is 2.62 bits per heavy atom. The molecule has 0 aliphatic heterocycles. The Labute approximate surface area is 185 Å². The van der Waals surface area contributed by atoms with Crippen LogP contribution in [0.3, 0.4) is 0 Å². The van der Waals surface area contributed by atoms with Gasteiger partial charge in [0.25, 0.3) is 0 Å². The second kappa shape index (κ2) is 11.2. The standard InChI is InChI=1S/C19H26N2O4S4/c1-19(2,3)25-18(22)20-9-10-26-13-16-17(28-14-21-16)27-11-12-29(23,24)15-7-5-4-6-8-15/h4-8,14H,9-13H2,1-3H3,(H,20,22). The second-order valence-electron chi connectivity index (χ2n) is 7.05. The van der Waals surface area contributed by atoms with Gasteiger partial charge in [0.1, 0.15) is 5.60 Å². The number of rotatable bonds is 10. The molecule has 1 N–H and O–H groups in total. The normalized spacial score (nSPS) is 12.0. The van der Waals surface area contributed by atoms with Gasteiger partial charge in [-0.1, -0.05) is 18.2 Å². The first kappa shape index (κ1) is 24.0. The third-order valence-electron chi connectivity index (χ3n) is 3.44.